The molecule has 3 aromatic heterocycles. The number of aliphatic hydroxyl groups is 1. The van der Waals surface area contributed by atoms with Gasteiger partial charge in [-0.3, -0.25) is 4.79 Å². The summed E-state index contributed by atoms with van der Waals surface area (Å²) in [6.07, 6.45) is 5.97. The molecule has 2 N–H and O–H groups in total. The largest absolute Gasteiger partial charge is 0.493 e. The summed E-state index contributed by atoms with van der Waals surface area (Å²) in [5, 5.41) is 19.3. The molecule has 6 rings (SSSR count). The van der Waals surface area contributed by atoms with Crippen molar-refractivity contribution < 1.29 is 19.4 Å². The van der Waals surface area contributed by atoms with Crippen LogP contribution in [0.4, 0.5) is 11.5 Å². The van der Waals surface area contributed by atoms with Gasteiger partial charge in [0.1, 0.15) is 24.6 Å². The number of carbonyl (C=O) groups is 1. The highest BCUT2D eigenvalue weighted by atomic mass is 16.5. The minimum absolute atomic E-state index is 0.124. The van der Waals surface area contributed by atoms with E-state index in [0.29, 0.717) is 52.6 Å². The van der Waals surface area contributed by atoms with Gasteiger partial charge in [-0.2, -0.15) is 5.10 Å². The lowest BCUT2D eigenvalue weighted by Crippen LogP contribution is -2.55. The molecule has 208 valence electrons. The van der Waals surface area contributed by atoms with Gasteiger partial charge >= 0.3 is 0 Å². The van der Waals surface area contributed by atoms with E-state index >= 15 is 0 Å². The zero-order chi connectivity index (χ0) is 28.7. The second-order valence-corrected chi connectivity index (χ2v) is 10.4. The molecule has 0 unspecified atom stereocenters. The highest BCUT2D eigenvalue weighted by molar-refractivity contribution is 5.93. The number of hydrogen-bond acceptors (Lipinski definition) is 9. The number of amides is 1. The van der Waals surface area contributed by atoms with Crippen LogP contribution in [-0.2, 0) is 10.4 Å². The molecule has 1 fully saturated rings. The molecule has 0 atom stereocenters. The average molecular weight is 552 g/mol. The van der Waals surface area contributed by atoms with Crippen LogP contribution in [0.5, 0.6) is 11.5 Å². The molecule has 1 saturated heterocycles. The molecular formula is C30H29N7O4. The second-order valence-electron chi connectivity index (χ2n) is 10.4. The first-order chi connectivity index (χ1) is 19.7. The number of pyridine rings is 1. The van der Waals surface area contributed by atoms with E-state index in [1.54, 1.807) is 36.4 Å². The second kappa shape index (κ2) is 10.2. The minimum Gasteiger partial charge on any atom is -0.493 e. The number of likely N-dealkylation sites (tertiary alicyclic amines) is 1. The van der Waals surface area contributed by atoms with Gasteiger partial charge in [0.25, 0.3) is 0 Å². The number of hydrogen-bond donors (Lipinski definition) is 2. The van der Waals surface area contributed by atoms with Crippen LogP contribution in [0.25, 0.3) is 27.7 Å². The Morgan fingerprint density at radius 1 is 1.07 bits per heavy atom. The number of carbonyl (C=O) groups excluding carboxylic acids is 1. The van der Waals surface area contributed by atoms with Gasteiger partial charge in [0.15, 0.2) is 17.1 Å². The van der Waals surface area contributed by atoms with Crippen LogP contribution >= 0.6 is 0 Å². The molecule has 5 aromatic rings. The predicted molar refractivity (Wildman–Crippen MR) is 154 cm³/mol. The molecular weight excluding hydrogens is 522 g/mol. The number of anilines is 2. The molecule has 11 nitrogen and oxygen atoms in total. The number of rotatable bonds is 8. The third-order valence-corrected chi connectivity index (χ3v) is 7.09. The van der Waals surface area contributed by atoms with Crippen molar-refractivity contribution in [1.29, 1.82) is 0 Å². The number of benzene rings is 2. The molecule has 41 heavy (non-hydrogen) atoms. The average Bonchev–Trinajstić information content (AvgIpc) is 3.41. The Hall–Kier alpha value is -5.03. The van der Waals surface area contributed by atoms with Crippen LogP contribution in [0, 0.1) is 0 Å². The highest BCUT2D eigenvalue weighted by Crippen LogP contribution is 2.38. The van der Waals surface area contributed by atoms with Crippen LogP contribution in [-0.4, -0.2) is 66.8 Å². The lowest BCUT2D eigenvalue weighted by atomic mass is 9.93. The number of methoxy groups -OCH3 is 1. The summed E-state index contributed by atoms with van der Waals surface area (Å²) < 4.78 is 13.5. The lowest BCUT2D eigenvalue weighted by Gasteiger charge is -2.38. The van der Waals surface area contributed by atoms with Gasteiger partial charge in [0, 0.05) is 28.9 Å². The van der Waals surface area contributed by atoms with Crippen LogP contribution in [0.3, 0.4) is 0 Å². The Bertz CT molecular complexity index is 1790. The van der Waals surface area contributed by atoms with E-state index in [0.717, 1.165) is 16.8 Å². The lowest BCUT2D eigenvalue weighted by molar-refractivity contribution is -0.134. The normalized spacial score (nSPS) is 13.7. The van der Waals surface area contributed by atoms with Crippen LogP contribution in [0.2, 0.25) is 0 Å². The fourth-order valence-corrected chi connectivity index (χ4v) is 4.90. The van der Waals surface area contributed by atoms with E-state index in [9.17, 15) is 9.90 Å². The van der Waals surface area contributed by atoms with E-state index in [1.807, 2.05) is 42.6 Å². The summed E-state index contributed by atoms with van der Waals surface area (Å²) in [5.74, 6) is 1.46. The topological polar surface area (TPSA) is 127 Å². The van der Waals surface area contributed by atoms with Gasteiger partial charge in [0.2, 0.25) is 5.91 Å². The molecule has 0 aliphatic carbocycles. The van der Waals surface area contributed by atoms with Crippen LogP contribution in [0.15, 0.2) is 74.0 Å². The van der Waals surface area contributed by atoms with E-state index in [2.05, 4.69) is 31.9 Å². The monoisotopic (exact) mass is 551 g/mol. The Kier molecular flexibility index (Phi) is 6.50. The maximum Gasteiger partial charge on any atom is 0.246 e. The van der Waals surface area contributed by atoms with Crippen molar-refractivity contribution in [2.24, 2.45) is 0 Å². The van der Waals surface area contributed by atoms with Gasteiger partial charge in [-0.05, 0) is 55.3 Å². The van der Waals surface area contributed by atoms with Crippen molar-refractivity contribution in [3.05, 3.63) is 79.5 Å². The van der Waals surface area contributed by atoms with E-state index in [-0.39, 0.29) is 12.0 Å². The van der Waals surface area contributed by atoms with Crippen molar-refractivity contribution in [2.45, 2.75) is 25.6 Å². The fourth-order valence-electron chi connectivity index (χ4n) is 4.90. The highest BCUT2D eigenvalue weighted by Gasteiger charge is 2.32. The Labute approximate surface area is 236 Å². The molecule has 0 spiro atoms. The molecule has 0 bridgehead atoms. The smallest absolute Gasteiger partial charge is 0.246 e. The van der Waals surface area contributed by atoms with Gasteiger partial charge < -0.3 is 24.8 Å². The van der Waals surface area contributed by atoms with E-state index in [4.69, 9.17) is 9.47 Å². The maximum absolute atomic E-state index is 11.8. The zero-order valence-corrected chi connectivity index (χ0v) is 22.9. The quantitative estimate of drug-likeness (QED) is 0.274. The van der Waals surface area contributed by atoms with Gasteiger partial charge in [-0.25, -0.2) is 19.5 Å². The van der Waals surface area contributed by atoms with Gasteiger partial charge in [0.05, 0.1) is 31.3 Å². The summed E-state index contributed by atoms with van der Waals surface area (Å²) in [4.78, 5) is 26.8. The van der Waals surface area contributed by atoms with Gasteiger partial charge in [-0.15, -0.1) is 0 Å². The molecule has 4 heterocycles. The standard InChI is InChI=1S/C30H29N7O4/c1-5-28(38)36-14-20(15-36)41-26-12-21-23(13-25(26)40-4)31-16-33-29(21)35-24-10-18(6-7-22(24)30(2,3)39)19-8-9-37-27(11-19)32-17-34-37/h5-13,16-17,20,39H,1,14-15H2,2-4H3,(H,31,33,35). The van der Waals surface area contributed by atoms with Crippen LogP contribution in [0.1, 0.15) is 19.4 Å². The summed E-state index contributed by atoms with van der Waals surface area (Å²) >= 11 is 0. The molecule has 1 amide bonds. The number of fused-ring (bicyclic) bond motifs is 2. The van der Waals surface area contributed by atoms with Crippen molar-refractivity contribution in [1.82, 2.24) is 29.5 Å². The Balaban J connectivity index is 1.37. The number of nitrogens with zero attached hydrogens (tertiary/aromatic N) is 6. The molecule has 2 aromatic carbocycles. The molecule has 0 saturated carbocycles. The fraction of sp³-hybridized carbons (Fsp3) is 0.233. The SMILES string of the molecule is C=CC(=O)N1CC(Oc2cc3c(Nc4cc(-c5ccn6ncnc6c5)ccc4C(C)(C)O)ncnc3cc2OC)C1. The van der Waals surface area contributed by atoms with Crippen molar-refractivity contribution in [2.75, 3.05) is 25.5 Å². The third kappa shape index (κ3) is 5.03. The first-order valence-electron chi connectivity index (χ1n) is 13.1. The Morgan fingerprint density at radius 2 is 1.88 bits per heavy atom. The summed E-state index contributed by atoms with van der Waals surface area (Å²) in [5.41, 5.74) is 3.52. The summed E-state index contributed by atoms with van der Waals surface area (Å²) in [7, 11) is 1.57. The predicted octanol–water partition coefficient (Wildman–Crippen LogP) is 4.09. The van der Waals surface area contributed by atoms with E-state index in [1.165, 1.54) is 18.7 Å². The Morgan fingerprint density at radius 3 is 2.63 bits per heavy atom. The zero-order valence-electron chi connectivity index (χ0n) is 22.9. The first-order valence-corrected chi connectivity index (χ1v) is 13.1. The van der Waals surface area contributed by atoms with Crippen molar-refractivity contribution >= 4 is 34.0 Å². The third-order valence-electron chi connectivity index (χ3n) is 7.09. The molecule has 11 heteroatoms. The number of aromatic nitrogens is 5. The van der Waals surface area contributed by atoms with Gasteiger partial charge in [-0.1, -0.05) is 18.7 Å². The summed E-state index contributed by atoms with van der Waals surface area (Å²) in [6.45, 7) is 7.94. The van der Waals surface area contributed by atoms with E-state index < -0.39 is 5.60 Å². The number of nitrogens with one attached hydrogen (secondary N) is 1. The van der Waals surface area contributed by atoms with Crippen molar-refractivity contribution in [3.8, 4) is 22.6 Å². The molecule has 1 aliphatic heterocycles. The maximum atomic E-state index is 11.8. The van der Waals surface area contributed by atoms with Crippen LogP contribution < -0.4 is 14.8 Å². The van der Waals surface area contributed by atoms with Crippen molar-refractivity contribution in [3.63, 3.8) is 0 Å². The first kappa shape index (κ1) is 26.2. The molecule has 0 radical (unpaired) electrons. The minimum atomic E-state index is -1.13. The number of ether oxygens (including phenoxy) is 2. The molecule has 1 aliphatic rings. The summed E-state index contributed by atoms with van der Waals surface area (Å²) in [6, 6.07) is 13.4.